The smallest absolute Gasteiger partial charge is 0.507 e. The first-order valence-corrected chi connectivity index (χ1v) is 32.1. The van der Waals surface area contributed by atoms with Crippen LogP contribution in [-0.2, 0) is 117 Å². The summed E-state index contributed by atoms with van der Waals surface area (Å²) in [5.41, 5.74) is 12.4. The number of fused-ring (bicyclic) bond motifs is 8. The quantitative estimate of drug-likeness (QED) is 0.0729. The fourth-order valence-corrected chi connectivity index (χ4v) is 10.4. The third kappa shape index (κ3) is 33.0. The van der Waals surface area contributed by atoms with Gasteiger partial charge in [-0.3, -0.25) is 9.59 Å². The van der Waals surface area contributed by atoms with E-state index in [1.807, 2.05) is 0 Å². The van der Waals surface area contributed by atoms with Crippen molar-refractivity contribution in [2.45, 2.75) is 234 Å². The Morgan fingerprint density at radius 3 is 0.495 bits per heavy atom. The van der Waals surface area contributed by atoms with E-state index >= 15 is 0 Å². The summed E-state index contributed by atoms with van der Waals surface area (Å²) >= 11 is 0. The predicted molar refractivity (Wildman–Crippen MR) is 377 cm³/mol. The summed E-state index contributed by atoms with van der Waals surface area (Å²) in [4.78, 5) is 18.0. The van der Waals surface area contributed by atoms with E-state index in [0.29, 0.717) is 75.4 Å². The van der Waals surface area contributed by atoms with E-state index < -0.39 is 11.9 Å². The molecule has 15 N–H and O–H groups in total. The summed E-state index contributed by atoms with van der Waals surface area (Å²) in [6, 6.07) is 17.2. The Balaban J connectivity index is 0. The molecule has 2 heterocycles. The Labute approximate surface area is 582 Å². The summed E-state index contributed by atoms with van der Waals surface area (Å²) in [5, 5.41) is 95.5. The standard InChI is InChI=1S/2C34H56N4O2.2C2H4O2.CH4O.CH4.2Ni/c2*1-31(2,3)27-11-23-15-35-19-33(7,8)21-37-17-25-13-28(32(4,5)6)14-26(30(25)40)18-38-22-34(9,10)20-36-16-24(12-27)29(23)39;2*1-2(3)4;1-2;;;/h2*11-14,35-40H,15-22H2,1-10H3;2*1H3,(H,3,4);2H,1H3;1H4;;/q;;;;;;2*+2. The van der Waals surface area contributed by atoms with E-state index in [-0.39, 0.29) is 83.7 Å². The van der Waals surface area contributed by atoms with Crippen LogP contribution in [0.25, 0.3) is 0 Å². The van der Waals surface area contributed by atoms with Gasteiger partial charge in [0.1, 0.15) is 23.0 Å². The monoisotopic (exact) mass is 1390 g/mol. The number of hydrogen-bond acceptors (Lipinski definition) is 15. The topological polar surface area (TPSA) is 272 Å². The van der Waals surface area contributed by atoms with Gasteiger partial charge in [-0.1, -0.05) is 194 Å². The number of aliphatic hydroxyl groups excluding tert-OH is 1. The Hall–Kier alpha value is -4.35. The first-order chi connectivity index (χ1) is 41.2. The van der Waals surface area contributed by atoms with Crippen molar-refractivity contribution in [2.75, 3.05) is 59.5 Å². The van der Waals surface area contributed by atoms with Crippen LogP contribution in [0.4, 0.5) is 0 Å². The molecule has 2 aliphatic heterocycles. The molecule has 0 unspecified atom stereocenters. The molecule has 2 aliphatic rings. The fraction of sp³-hybridized carbons (Fsp3) is 0.649. The summed E-state index contributed by atoms with van der Waals surface area (Å²) < 4.78 is 0. The van der Waals surface area contributed by atoms with E-state index in [4.69, 9.17) is 24.9 Å². The zero-order valence-electron chi connectivity index (χ0n) is 60.5. The largest absolute Gasteiger partial charge is 2.00 e. The molecule has 0 atom stereocenters. The van der Waals surface area contributed by atoms with E-state index in [1.54, 1.807) is 0 Å². The number of aromatic hydroxyl groups is 4. The molecule has 6 rings (SSSR count). The van der Waals surface area contributed by atoms with Crippen molar-refractivity contribution in [1.29, 1.82) is 0 Å². The van der Waals surface area contributed by atoms with Crippen LogP contribution >= 0.6 is 0 Å². The minimum atomic E-state index is -0.833. The second-order valence-corrected chi connectivity index (χ2v) is 32.1. The van der Waals surface area contributed by atoms with Gasteiger partial charge in [-0.05, 0) is 65.6 Å². The zero-order chi connectivity index (χ0) is 69.0. The maximum atomic E-state index is 11.2. The van der Waals surface area contributed by atoms with Gasteiger partial charge < -0.3 is 78.3 Å². The van der Waals surface area contributed by atoms with Crippen molar-refractivity contribution >= 4 is 11.9 Å². The van der Waals surface area contributed by atoms with Crippen molar-refractivity contribution in [1.82, 2.24) is 42.5 Å². The van der Waals surface area contributed by atoms with Gasteiger partial charge in [0.25, 0.3) is 11.9 Å². The first kappa shape index (κ1) is 90.7. The van der Waals surface area contributed by atoms with Crippen molar-refractivity contribution in [3.05, 3.63) is 115 Å². The van der Waals surface area contributed by atoms with E-state index in [1.165, 1.54) is 22.3 Å². The molecule has 0 radical (unpaired) electrons. The molecule has 8 bridgehead atoms. The van der Waals surface area contributed by atoms with Crippen LogP contribution in [-0.4, -0.2) is 107 Å². The molecule has 4 aromatic carbocycles. The molecule has 0 aromatic heterocycles. The van der Waals surface area contributed by atoms with Gasteiger partial charge in [-0.15, -0.1) is 0 Å². The number of carboxylic acid groups (broad SMARTS) is 2. The Morgan fingerprint density at radius 2 is 0.409 bits per heavy atom. The minimum absolute atomic E-state index is 0. The third-order valence-corrected chi connectivity index (χ3v) is 15.9. The number of carbonyl (C=O) groups is 2. The van der Waals surface area contributed by atoms with E-state index in [9.17, 15) is 20.4 Å². The van der Waals surface area contributed by atoms with Gasteiger partial charge >= 0.3 is 33.0 Å². The first-order valence-electron chi connectivity index (χ1n) is 32.1. The molecule has 0 amide bonds. The number of hydrogen-bond donors (Lipinski definition) is 15. The van der Waals surface area contributed by atoms with Gasteiger partial charge in [0.05, 0.1) is 0 Å². The molecular weight excluding hydrogens is 1260 g/mol. The van der Waals surface area contributed by atoms with Crippen LogP contribution in [0.3, 0.4) is 0 Å². The van der Waals surface area contributed by atoms with E-state index in [2.05, 4.69) is 230 Å². The normalized spacial score (nSPS) is 17.5. The molecule has 4 aromatic rings. The van der Waals surface area contributed by atoms with Crippen LogP contribution in [0.5, 0.6) is 23.0 Å². The Kier molecular flexibility index (Phi) is 38.2. The van der Waals surface area contributed by atoms with Crippen molar-refractivity contribution < 1.29 is 78.3 Å². The molecule has 0 fully saturated rings. The van der Waals surface area contributed by atoms with E-state index in [0.717, 1.165) is 118 Å². The maximum Gasteiger partial charge on any atom is 2.00 e. The molecule has 0 aliphatic carbocycles. The van der Waals surface area contributed by atoms with Gasteiger partial charge in [-0.25, -0.2) is 0 Å². The molecule has 534 valence electrons. The zero-order valence-corrected chi connectivity index (χ0v) is 62.5. The summed E-state index contributed by atoms with van der Waals surface area (Å²) in [6.45, 7) is 58.0. The van der Waals surface area contributed by atoms with Crippen LogP contribution in [0.1, 0.15) is 227 Å². The molecule has 0 saturated heterocycles. The molecule has 93 heavy (non-hydrogen) atoms. The fourth-order valence-electron chi connectivity index (χ4n) is 10.4. The molecule has 19 heteroatoms. The predicted octanol–water partition coefficient (Wildman–Crippen LogP) is 12.1. The van der Waals surface area contributed by atoms with Crippen LogP contribution in [0, 0.1) is 21.7 Å². The number of carboxylic acids is 2. The number of phenolic OH excluding ortho intramolecular Hbond substituents is 4. The Morgan fingerprint density at radius 1 is 0.312 bits per heavy atom. The summed E-state index contributed by atoms with van der Waals surface area (Å²) in [5.74, 6) is -0.119. The number of benzene rings is 4. The number of rotatable bonds is 0. The molecule has 17 nitrogen and oxygen atoms in total. The number of aliphatic hydroxyl groups is 1. The minimum Gasteiger partial charge on any atom is -0.507 e. The van der Waals surface area contributed by atoms with Crippen molar-refractivity contribution in [3.8, 4) is 23.0 Å². The Bertz CT molecular complexity index is 2400. The summed E-state index contributed by atoms with van der Waals surface area (Å²) in [6.07, 6.45) is 0. The van der Waals surface area contributed by atoms with Crippen LogP contribution in [0.2, 0.25) is 0 Å². The number of aliphatic carboxylic acids is 2. The SMILES string of the molecule is C.CC(=O)O.CC(=O)O.CC1(C)CNCc2cc(C(C)(C)C)cc(c2O)CNCC(C)(C)CNCc2cc(C(C)(C)C)cc(c2O)CNC1.CC1(C)CNCc2cc(C(C)(C)C)cc(c2O)CNCC(C)(C)CNCc2cc(C(C)(C)C)cc(c2O)CNC1.CO.[Ni+2].[Ni+2]. The second-order valence-electron chi connectivity index (χ2n) is 32.1. The van der Waals surface area contributed by atoms with Crippen LogP contribution in [0.15, 0.2) is 48.5 Å². The number of nitrogens with one attached hydrogen (secondary N) is 8. The molecule has 0 saturated carbocycles. The average molecular weight is 1390 g/mol. The summed E-state index contributed by atoms with van der Waals surface area (Å²) in [7, 11) is 1.00. The van der Waals surface area contributed by atoms with Crippen LogP contribution < -0.4 is 42.5 Å². The number of phenols is 4. The van der Waals surface area contributed by atoms with Gasteiger partial charge in [0, 0.05) is 170 Å². The van der Waals surface area contributed by atoms with Gasteiger partial charge in [0.15, 0.2) is 0 Å². The molecule has 0 spiro atoms. The maximum absolute atomic E-state index is 11.2. The van der Waals surface area contributed by atoms with Crippen molar-refractivity contribution in [2.24, 2.45) is 21.7 Å². The van der Waals surface area contributed by atoms with Gasteiger partial charge in [-0.2, -0.15) is 0 Å². The van der Waals surface area contributed by atoms with Gasteiger partial charge in [0.2, 0.25) is 0 Å². The molecular formula is C74H128N8Ni2O9+4. The van der Waals surface area contributed by atoms with Crippen molar-refractivity contribution in [3.63, 3.8) is 0 Å². The third-order valence-electron chi connectivity index (χ3n) is 15.9. The second kappa shape index (κ2) is 39.1. The average Bonchev–Trinajstić information content (AvgIpc) is 0.842.